The predicted octanol–water partition coefficient (Wildman–Crippen LogP) is 4.19. The molecule has 0 fully saturated rings. The van der Waals surface area contributed by atoms with Crippen molar-refractivity contribution < 1.29 is 4.39 Å². The summed E-state index contributed by atoms with van der Waals surface area (Å²) in [6.07, 6.45) is 4.12. The fourth-order valence-electron chi connectivity index (χ4n) is 1.99. The van der Waals surface area contributed by atoms with Gasteiger partial charge >= 0.3 is 0 Å². The Labute approximate surface area is 108 Å². The number of nitrogens with one attached hydrogen (secondary N) is 1. The third kappa shape index (κ3) is 4.64. The van der Waals surface area contributed by atoms with Gasteiger partial charge in [0.2, 0.25) is 0 Å². The summed E-state index contributed by atoms with van der Waals surface area (Å²) in [5, 5.41) is 3.62. The van der Waals surface area contributed by atoms with E-state index in [0.29, 0.717) is 18.0 Å². The van der Waals surface area contributed by atoms with Gasteiger partial charge in [-0.3, -0.25) is 0 Å². The normalized spacial score (nSPS) is 12.7. The SMILES string of the molecule is CCCCC(Cc1cccc(Cl)c1F)NCC. The topological polar surface area (TPSA) is 12.0 Å². The van der Waals surface area contributed by atoms with Crippen LogP contribution in [0.15, 0.2) is 18.2 Å². The van der Waals surface area contributed by atoms with Crippen LogP contribution >= 0.6 is 11.6 Å². The highest BCUT2D eigenvalue weighted by molar-refractivity contribution is 6.30. The molecule has 1 aromatic rings. The number of hydrogen-bond acceptors (Lipinski definition) is 1. The Morgan fingerprint density at radius 2 is 2.12 bits per heavy atom. The van der Waals surface area contributed by atoms with Crippen molar-refractivity contribution in [3.8, 4) is 0 Å². The first-order valence-corrected chi connectivity index (χ1v) is 6.73. The van der Waals surface area contributed by atoms with E-state index in [0.717, 1.165) is 13.0 Å². The van der Waals surface area contributed by atoms with E-state index >= 15 is 0 Å². The van der Waals surface area contributed by atoms with Crippen molar-refractivity contribution in [3.05, 3.63) is 34.6 Å². The van der Waals surface area contributed by atoms with Crippen molar-refractivity contribution in [3.63, 3.8) is 0 Å². The molecular weight excluding hydrogens is 237 g/mol. The first kappa shape index (κ1) is 14.5. The van der Waals surface area contributed by atoms with Gasteiger partial charge in [0.05, 0.1) is 5.02 Å². The molecule has 3 heteroatoms. The predicted molar refractivity (Wildman–Crippen MR) is 72.1 cm³/mol. The molecule has 0 aliphatic carbocycles. The molecular formula is C14H21ClFN. The second kappa shape index (κ2) is 7.67. The Balaban J connectivity index is 2.67. The van der Waals surface area contributed by atoms with Gasteiger partial charge in [0.25, 0.3) is 0 Å². The molecule has 96 valence electrons. The summed E-state index contributed by atoms with van der Waals surface area (Å²) in [7, 11) is 0. The smallest absolute Gasteiger partial charge is 0.145 e. The summed E-state index contributed by atoms with van der Waals surface area (Å²) in [6, 6.07) is 5.56. The van der Waals surface area contributed by atoms with Gasteiger partial charge in [-0.15, -0.1) is 0 Å². The summed E-state index contributed by atoms with van der Waals surface area (Å²) in [5.74, 6) is -0.270. The van der Waals surface area contributed by atoms with Crippen LogP contribution in [0, 0.1) is 5.82 Å². The number of benzene rings is 1. The van der Waals surface area contributed by atoms with E-state index in [2.05, 4.69) is 19.2 Å². The molecule has 0 spiro atoms. The van der Waals surface area contributed by atoms with E-state index in [-0.39, 0.29) is 10.8 Å². The molecule has 0 amide bonds. The summed E-state index contributed by atoms with van der Waals surface area (Å²) in [6.45, 7) is 5.16. The van der Waals surface area contributed by atoms with Gasteiger partial charge in [0.15, 0.2) is 0 Å². The van der Waals surface area contributed by atoms with Crippen molar-refractivity contribution in [2.75, 3.05) is 6.54 Å². The van der Waals surface area contributed by atoms with Gasteiger partial charge in [-0.1, -0.05) is 50.4 Å². The maximum absolute atomic E-state index is 13.8. The first-order chi connectivity index (χ1) is 8.19. The van der Waals surface area contributed by atoms with E-state index in [9.17, 15) is 4.39 Å². The minimum Gasteiger partial charge on any atom is -0.314 e. The molecule has 0 aliphatic heterocycles. The number of unbranched alkanes of at least 4 members (excludes halogenated alkanes) is 1. The van der Waals surface area contributed by atoms with E-state index in [1.54, 1.807) is 6.07 Å². The van der Waals surface area contributed by atoms with Gasteiger partial charge in [-0.05, 0) is 31.0 Å². The Morgan fingerprint density at radius 3 is 2.76 bits per heavy atom. The fourth-order valence-corrected chi connectivity index (χ4v) is 2.18. The lowest BCUT2D eigenvalue weighted by Crippen LogP contribution is -2.31. The Morgan fingerprint density at radius 1 is 1.35 bits per heavy atom. The van der Waals surface area contributed by atoms with Crippen LogP contribution in [0.4, 0.5) is 4.39 Å². The van der Waals surface area contributed by atoms with Gasteiger partial charge < -0.3 is 5.32 Å². The fraction of sp³-hybridized carbons (Fsp3) is 0.571. The number of halogens is 2. The zero-order valence-electron chi connectivity index (χ0n) is 10.6. The maximum atomic E-state index is 13.8. The summed E-state index contributed by atoms with van der Waals surface area (Å²) in [4.78, 5) is 0. The van der Waals surface area contributed by atoms with E-state index in [1.165, 1.54) is 12.8 Å². The average molecular weight is 258 g/mol. The van der Waals surface area contributed by atoms with Crippen molar-refractivity contribution in [1.82, 2.24) is 5.32 Å². The molecule has 0 radical (unpaired) electrons. The molecule has 1 aromatic carbocycles. The Kier molecular flexibility index (Phi) is 6.53. The highest BCUT2D eigenvalue weighted by atomic mass is 35.5. The largest absolute Gasteiger partial charge is 0.314 e. The third-order valence-corrected chi connectivity index (χ3v) is 3.19. The van der Waals surface area contributed by atoms with Crippen molar-refractivity contribution in [2.45, 2.75) is 45.6 Å². The molecule has 1 unspecified atom stereocenters. The molecule has 1 atom stereocenters. The van der Waals surface area contributed by atoms with Crippen LogP contribution in [0.25, 0.3) is 0 Å². The van der Waals surface area contributed by atoms with Gasteiger partial charge in [-0.25, -0.2) is 4.39 Å². The molecule has 0 heterocycles. The highest BCUT2D eigenvalue weighted by Gasteiger charge is 2.12. The number of rotatable bonds is 7. The molecule has 0 aliphatic rings. The molecule has 0 saturated heterocycles. The van der Waals surface area contributed by atoms with E-state index < -0.39 is 0 Å². The lowest BCUT2D eigenvalue weighted by atomic mass is 10.0. The molecule has 1 rings (SSSR count). The molecule has 0 aromatic heterocycles. The van der Waals surface area contributed by atoms with Crippen LogP contribution in [0.2, 0.25) is 5.02 Å². The summed E-state index contributed by atoms with van der Waals surface area (Å²) in [5.41, 5.74) is 0.708. The summed E-state index contributed by atoms with van der Waals surface area (Å²) >= 11 is 5.78. The van der Waals surface area contributed by atoms with Crippen LogP contribution in [0.5, 0.6) is 0 Å². The van der Waals surface area contributed by atoms with Gasteiger partial charge in [0.1, 0.15) is 5.82 Å². The number of hydrogen-bond donors (Lipinski definition) is 1. The number of likely N-dealkylation sites (N-methyl/N-ethyl adjacent to an activating group) is 1. The Hall–Kier alpha value is -0.600. The zero-order valence-corrected chi connectivity index (χ0v) is 11.4. The second-order valence-corrected chi connectivity index (χ2v) is 4.72. The van der Waals surface area contributed by atoms with Crippen LogP contribution in [-0.2, 0) is 6.42 Å². The van der Waals surface area contributed by atoms with E-state index in [1.807, 2.05) is 12.1 Å². The second-order valence-electron chi connectivity index (χ2n) is 4.31. The molecule has 17 heavy (non-hydrogen) atoms. The Bertz CT molecular complexity index is 341. The minimum atomic E-state index is -0.270. The monoisotopic (exact) mass is 257 g/mol. The third-order valence-electron chi connectivity index (χ3n) is 2.90. The van der Waals surface area contributed by atoms with Crippen LogP contribution < -0.4 is 5.32 Å². The van der Waals surface area contributed by atoms with Gasteiger partial charge in [-0.2, -0.15) is 0 Å². The van der Waals surface area contributed by atoms with E-state index in [4.69, 9.17) is 11.6 Å². The quantitative estimate of drug-likeness (QED) is 0.772. The molecule has 0 saturated carbocycles. The minimum absolute atomic E-state index is 0.216. The standard InChI is InChI=1S/C14H21ClFN/c1-3-5-8-12(17-4-2)10-11-7-6-9-13(15)14(11)16/h6-7,9,12,17H,3-5,8,10H2,1-2H3. The average Bonchev–Trinajstić information content (AvgIpc) is 2.32. The molecule has 0 bridgehead atoms. The first-order valence-electron chi connectivity index (χ1n) is 6.35. The van der Waals surface area contributed by atoms with Crippen LogP contribution in [-0.4, -0.2) is 12.6 Å². The lowest BCUT2D eigenvalue weighted by Gasteiger charge is -2.18. The zero-order chi connectivity index (χ0) is 12.7. The molecule has 1 nitrogen and oxygen atoms in total. The van der Waals surface area contributed by atoms with Crippen molar-refractivity contribution in [1.29, 1.82) is 0 Å². The lowest BCUT2D eigenvalue weighted by molar-refractivity contribution is 0.464. The van der Waals surface area contributed by atoms with Crippen molar-refractivity contribution >= 4 is 11.6 Å². The maximum Gasteiger partial charge on any atom is 0.145 e. The van der Waals surface area contributed by atoms with Crippen LogP contribution in [0.3, 0.4) is 0 Å². The van der Waals surface area contributed by atoms with Gasteiger partial charge in [0, 0.05) is 6.04 Å². The van der Waals surface area contributed by atoms with Crippen LogP contribution in [0.1, 0.15) is 38.7 Å². The molecule has 1 N–H and O–H groups in total. The highest BCUT2D eigenvalue weighted by Crippen LogP contribution is 2.20. The van der Waals surface area contributed by atoms with Crippen molar-refractivity contribution in [2.24, 2.45) is 0 Å². The summed E-state index contributed by atoms with van der Waals surface area (Å²) < 4.78 is 13.8.